The van der Waals surface area contributed by atoms with Gasteiger partial charge in [-0.2, -0.15) is 0 Å². The van der Waals surface area contributed by atoms with Crippen molar-refractivity contribution in [3.05, 3.63) is 22.4 Å². The monoisotopic (exact) mass is 256 g/mol. The molecule has 2 nitrogen and oxygen atoms in total. The number of hydrogen-bond donors (Lipinski definition) is 2. The highest BCUT2D eigenvalue weighted by Crippen LogP contribution is 2.18. The van der Waals surface area contributed by atoms with Gasteiger partial charge < -0.3 is 10.3 Å². The molecule has 0 radical (unpaired) electrons. The van der Waals surface area contributed by atoms with E-state index < -0.39 is 0 Å². The van der Waals surface area contributed by atoms with E-state index in [1.54, 1.807) is 0 Å². The number of nitrogens with one attached hydrogen (secondary N) is 2. The summed E-state index contributed by atoms with van der Waals surface area (Å²) in [7, 11) is 0. The van der Waals surface area contributed by atoms with Gasteiger partial charge in [-0.1, -0.05) is 19.3 Å². The van der Waals surface area contributed by atoms with Crippen LogP contribution in [0.1, 0.15) is 37.8 Å². The predicted octanol–water partition coefficient (Wildman–Crippen LogP) is 3.20. The van der Waals surface area contributed by atoms with Crippen molar-refractivity contribution in [3.63, 3.8) is 0 Å². The maximum absolute atomic E-state index is 3.60. The standard InChI is InChI=1S/C11H17BrN2/c12-9-6-11(13-7-9)8-14-10-4-2-1-3-5-10/h6-7,10,13-14H,1-5,8H2. The van der Waals surface area contributed by atoms with Gasteiger partial charge in [0, 0.05) is 29.0 Å². The third-order valence-electron chi connectivity index (χ3n) is 2.89. The van der Waals surface area contributed by atoms with Gasteiger partial charge in [-0.15, -0.1) is 0 Å². The Kier molecular flexibility index (Phi) is 3.65. The van der Waals surface area contributed by atoms with Gasteiger partial charge in [0.15, 0.2) is 0 Å². The summed E-state index contributed by atoms with van der Waals surface area (Å²) in [5.74, 6) is 0. The summed E-state index contributed by atoms with van der Waals surface area (Å²) in [6.07, 6.45) is 8.89. The molecular formula is C11H17BrN2. The van der Waals surface area contributed by atoms with Crippen LogP contribution in [0.5, 0.6) is 0 Å². The smallest absolute Gasteiger partial charge is 0.0360 e. The van der Waals surface area contributed by atoms with Gasteiger partial charge in [0.25, 0.3) is 0 Å². The van der Waals surface area contributed by atoms with Crippen LogP contribution in [0.15, 0.2) is 16.7 Å². The third kappa shape index (κ3) is 2.85. The molecule has 0 amide bonds. The summed E-state index contributed by atoms with van der Waals surface area (Å²) in [5.41, 5.74) is 1.27. The first-order valence-corrected chi connectivity index (χ1v) is 6.20. The second-order valence-corrected chi connectivity index (χ2v) is 4.97. The van der Waals surface area contributed by atoms with Crippen molar-refractivity contribution in [2.75, 3.05) is 0 Å². The molecule has 78 valence electrons. The van der Waals surface area contributed by atoms with Crippen LogP contribution in [0.2, 0.25) is 0 Å². The average Bonchev–Trinajstić information content (AvgIpc) is 2.63. The first-order chi connectivity index (χ1) is 6.84. The summed E-state index contributed by atoms with van der Waals surface area (Å²) >= 11 is 3.44. The first-order valence-electron chi connectivity index (χ1n) is 5.41. The van der Waals surface area contributed by atoms with E-state index in [4.69, 9.17) is 0 Å². The Morgan fingerprint density at radius 3 is 2.79 bits per heavy atom. The molecule has 1 saturated carbocycles. The van der Waals surface area contributed by atoms with Crippen LogP contribution >= 0.6 is 15.9 Å². The van der Waals surface area contributed by atoms with E-state index in [0.29, 0.717) is 0 Å². The number of aromatic nitrogens is 1. The molecule has 1 aromatic rings. The molecule has 1 aliphatic rings. The van der Waals surface area contributed by atoms with E-state index in [-0.39, 0.29) is 0 Å². The summed E-state index contributed by atoms with van der Waals surface area (Å²) in [4.78, 5) is 3.24. The zero-order chi connectivity index (χ0) is 9.80. The van der Waals surface area contributed by atoms with Crippen molar-refractivity contribution < 1.29 is 0 Å². The highest BCUT2D eigenvalue weighted by Gasteiger charge is 2.12. The van der Waals surface area contributed by atoms with Crippen LogP contribution in [0.25, 0.3) is 0 Å². The van der Waals surface area contributed by atoms with E-state index in [2.05, 4.69) is 32.3 Å². The van der Waals surface area contributed by atoms with E-state index in [1.807, 2.05) is 6.20 Å². The maximum Gasteiger partial charge on any atom is 0.0360 e. The Balaban J connectivity index is 1.76. The van der Waals surface area contributed by atoms with E-state index in [1.165, 1.54) is 37.8 Å². The number of halogens is 1. The van der Waals surface area contributed by atoms with Crippen LogP contribution in [-0.4, -0.2) is 11.0 Å². The van der Waals surface area contributed by atoms with Gasteiger partial charge in [-0.05, 0) is 34.8 Å². The molecule has 2 rings (SSSR count). The van der Waals surface area contributed by atoms with E-state index >= 15 is 0 Å². The summed E-state index contributed by atoms with van der Waals surface area (Å²) in [6.45, 7) is 0.969. The summed E-state index contributed by atoms with van der Waals surface area (Å²) in [5, 5.41) is 3.60. The van der Waals surface area contributed by atoms with Gasteiger partial charge in [-0.3, -0.25) is 0 Å². The molecule has 0 saturated heterocycles. The molecule has 1 aliphatic carbocycles. The largest absolute Gasteiger partial charge is 0.363 e. The van der Waals surface area contributed by atoms with E-state index in [0.717, 1.165) is 17.1 Å². The fraction of sp³-hybridized carbons (Fsp3) is 0.636. The molecule has 0 aromatic carbocycles. The summed E-state index contributed by atoms with van der Waals surface area (Å²) in [6, 6.07) is 2.88. The lowest BCUT2D eigenvalue weighted by Crippen LogP contribution is -2.30. The fourth-order valence-corrected chi connectivity index (χ4v) is 2.47. The molecular weight excluding hydrogens is 240 g/mol. The zero-order valence-corrected chi connectivity index (χ0v) is 9.94. The van der Waals surface area contributed by atoms with Crippen molar-refractivity contribution in [1.82, 2.24) is 10.3 Å². The maximum atomic E-state index is 3.60. The highest BCUT2D eigenvalue weighted by molar-refractivity contribution is 9.10. The molecule has 1 heterocycles. The summed E-state index contributed by atoms with van der Waals surface area (Å²) < 4.78 is 1.14. The lowest BCUT2D eigenvalue weighted by atomic mass is 9.95. The Morgan fingerprint density at radius 2 is 2.14 bits per heavy atom. The SMILES string of the molecule is Brc1c[nH]c(CNC2CCCCC2)c1. The number of H-pyrrole nitrogens is 1. The second-order valence-electron chi connectivity index (χ2n) is 4.06. The number of rotatable bonds is 3. The lowest BCUT2D eigenvalue weighted by molar-refractivity contribution is 0.371. The van der Waals surface area contributed by atoms with Gasteiger partial charge in [0.1, 0.15) is 0 Å². The van der Waals surface area contributed by atoms with Crippen molar-refractivity contribution >= 4 is 15.9 Å². The molecule has 14 heavy (non-hydrogen) atoms. The molecule has 0 spiro atoms. The normalized spacial score (nSPS) is 18.6. The Hall–Kier alpha value is -0.280. The highest BCUT2D eigenvalue weighted by atomic mass is 79.9. The zero-order valence-electron chi connectivity index (χ0n) is 8.35. The van der Waals surface area contributed by atoms with Crippen LogP contribution < -0.4 is 5.32 Å². The minimum atomic E-state index is 0.742. The minimum Gasteiger partial charge on any atom is -0.363 e. The fourth-order valence-electron chi connectivity index (χ4n) is 2.07. The molecule has 0 atom stereocenters. The van der Waals surface area contributed by atoms with Crippen LogP contribution in [0.4, 0.5) is 0 Å². The van der Waals surface area contributed by atoms with Gasteiger partial charge in [0.05, 0.1) is 0 Å². The Labute approximate surface area is 93.6 Å². The van der Waals surface area contributed by atoms with Gasteiger partial charge in [0.2, 0.25) is 0 Å². The van der Waals surface area contributed by atoms with E-state index in [9.17, 15) is 0 Å². The van der Waals surface area contributed by atoms with Crippen molar-refractivity contribution in [2.24, 2.45) is 0 Å². The first kappa shape index (κ1) is 10.2. The molecule has 0 unspecified atom stereocenters. The minimum absolute atomic E-state index is 0.742. The molecule has 2 N–H and O–H groups in total. The Bertz CT molecular complexity index is 277. The van der Waals surface area contributed by atoms with Crippen LogP contribution in [0.3, 0.4) is 0 Å². The Morgan fingerprint density at radius 1 is 1.36 bits per heavy atom. The average molecular weight is 257 g/mol. The number of aromatic amines is 1. The molecule has 3 heteroatoms. The van der Waals surface area contributed by atoms with Crippen LogP contribution in [0, 0.1) is 0 Å². The molecule has 0 bridgehead atoms. The van der Waals surface area contributed by atoms with Crippen molar-refractivity contribution in [1.29, 1.82) is 0 Å². The van der Waals surface area contributed by atoms with Gasteiger partial charge >= 0.3 is 0 Å². The van der Waals surface area contributed by atoms with Crippen molar-refractivity contribution in [2.45, 2.75) is 44.7 Å². The third-order valence-corrected chi connectivity index (χ3v) is 3.35. The molecule has 1 aromatic heterocycles. The lowest BCUT2D eigenvalue weighted by Gasteiger charge is -2.22. The second kappa shape index (κ2) is 4.99. The quantitative estimate of drug-likeness (QED) is 0.855. The molecule has 0 aliphatic heterocycles. The predicted molar refractivity (Wildman–Crippen MR) is 62.2 cm³/mol. The van der Waals surface area contributed by atoms with Crippen molar-refractivity contribution in [3.8, 4) is 0 Å². The topological polar surface area (TPSA) is 27.8 Å². The van der Waals surface area contributed by atoms with Gasteiger partial charge in [-0.25, -0.2) is 0 Å². The molecule has 1 fully saturated rings. The number of hydrogen-bond acceptors (Lipinski definition) is 1. The van der Waals surface area contributed by atoms with Crippen LogP contribution in [-0.2, 0) is 6.54 Å².